The van der Waals surface area contributed by atoms with Gasteiger partial charge in [-0.2, -0.15) is 0 Å². The minimum atomic E-state index is 0.0592. The zero-order valence-corrected chi connectivity index (χ0v) is 18.5. The largest absolute Gasteiger partial charge is 0.318 e. The van der Waals surface area contributed by atoms with Crippen LogP contribution in [0.15, 0.2) is 24.3 Å². The van der Waals surface area contributed by atoms with Gasteiger partial charge in [-0.1, -0.05) is 89.3 Å². The number of hydrogen-bond acceptors (Lipinski definition) is 2. The van der Waals surface area contributed by atoms with Gasteiger partial charge < -0.3 is 10.2 Å². The molecular weight excluding hydrogens is 364 g/mol. The number of anilines is 1. The number of benzene rings is 1. The number of rotatable bonds is 12. The first-order chi connectivity index (χ1) is 13.7. The summed E-state index contributed by atoms with van der Waals surface area (Å²) in [6.45, 7) is 3.15. The predicted octanol–water partition coefficient (Wildman–Crippen LogP) is 6.54. The Morgan fingerprint density at radius 1 is 0.964 bits per heavy atom. The molecule has 0 aromatic heterocycles. The van der Waals surface area contributed by atoms with E-state index < -0.39 is 0 Å². The molecule has 1 aromatic carbocycles. The number of para-hydroxylation sites is 1. The molecule has 0 saturated heterocycles. The highest BCUT2D eigenvalue weighted by atomic mass is 32.1. The number of carbonyl (C=O) groups is 1. The Kier molecular flexibility index (Phi) is 11.2. The summed E-state index contributed by atoms with van der Waals surface area (Å²) in [5, 5.41) is 3.50. The molecule has 1 N–H and O–H groups in total. The maximum Gasteiger partial charge on any atom is 0.226 e. The minimum Gasteiger partial charge on any atom is -0.318 e. The lowest BCUT2D eigenvalue weighted by Gasteiger charge is -2.31. The van der Waals surface area contributed by atoms with E-state index in [9.17, 15) is 4.79 Å². The SMILES string of the molecule is CCCCCCCCCCCCCC(=O)NC(=S)N1CCCc2ccccc21. The first-order valence-corrected chi connectivity index (χ1v) is 11.8. The first kappa shape index (κ1) is 22.9. The standard InChI is InChI=1S/C24H38N2OS/c1-2-3-4-5-6-7-8-9-10-11-12-19-23(27)25-24(28)26-20-15-17-21-16-13-14-18-22(21)26/h13-14,16,18H,2-12,15,17,19-20H2,1H3,(H,25,27,28). The van der Waals surface area contributed by atoms with Crippen molar-refractivity contribution >= 4 is 28.9 Å². The average molecular weight is 403 g/mol. The van der Waals surface area contributed by atoms with E-state index in [-0.39, 0.29) is 5.91 Å². The topological polar surface area (TPSA) is 32.3 Å². The van der Waals surface area contributed by atoms with Crippen molar-refractivity contribution in [1.29, 1.82) is 0 Å². The van der Waals surface area contributed by atoms with Crippen LogP contribution < -0.4 is 10.2 Å². The van der Waals surface area contributed by atoms with Crippen molar-refractivity contribution in [1.82, 2.24) is 5.32 Å². The van der Waals surface area contributed by atoms with Crippen LogP contribution in [0.25, 0.3) is 0 Å². The quantitative estimate of drug-likeness (QED) is 0.318. The number of aryl methyl sites for hydroxylation is 1. The molecule has 156 valence electrons. The van der Waals surface area contributed by atoms with Gasteiger partial charge in [-0.15, -0.1) is 0 Å². The number of nitrogens with zero attached hydrogens (tertiary/aromatic N) is 1. The normalized spacial score (nSPS) is 13.2. The Bertz CT molecular complexity index is 602. The second-order valence-electron chi connectivity index (χ2n) is 8.02. The van der Waals surface area contributed by atoms with Gasteiger partial charge in [0.25, 0.3) is 0 Å². The lowest BCUT2D eigenvalue weighted by atomic mass is 10.0. The van der Waals surface area contributed by atoms with Gasteiger partial charge in [0.15, 0.2) is 5.11 Å². The maximum absolute atomic E-state index is 12.2. The molecule has 0 spiro atoms. The second kappa shape index (κ2) is 13.7. The highest BCUT2D eigenvalue weighted by molar-refractivity contribution is 7.80. The number of thiocarbonyl (C=S) groups is 1. The maximum atomic E-state index is 12.2. The van der Waals surface area contributed by atoms with Crippen LogP contribution in [0.1, 0.15) is 96.0 Å². The Hall–Kier alpha value is -1.42. The summed E-state index contributed by atoms with van der Waals surface area (Å²) in [6, 6.07) is 8.34. The van der Waals surface area contributed by atoms with Crippen LogP contribution in [0.4, 0.5) is 5.69 Å². The highest BCUT2D eigenvalue weighted by Crippen LogP contribution is 2.26. The Morgan fingerprint density at radius 2 is 1.57 bits per heavy atom. The predicted molar refractivity (Wildman–Crippen MR) is 124 cm³/mol. The molecule has 1 aliphatic heterocycles. The Balaban J connectivity index is 1.53. The van der Waals surface area contributed by atoms with Crippen molar-refractivity contribution in [3.05, 3.63) is 29.8 Å². The molecule has 0 radical (unpaired) electrons. The van der Waals surface area contributed by atoms with Crippen molar-refractivity contribution in [2.45, 2.75) is 96.8 Å². The van der Waals surface area contributed by atoms with E-state index in [1.807, 2.05) is 6.07 Å². The van der Waals surface area contributed by atoms with Gasteiger partial charge in [-0.05, 0) is 43.1 Å². The van der Waals surface area contributed by atoms with E-state index >= 15 is 0 Å². The van der Waals surface area contributed by atoms with Gasteiger partial charge in [0.1, 0.15) is 0 Å². The van der Waals surface area contributed by atoms with E-state index in [2.05, 4.69) is 35.3 Å². The third-order valence-corrected chi connectivity index (χ3v) is 5.93. The van der Waals surface area contributed by atoms with E-state index in [0.29, 0.717) is 11.5 Å². The molecule has 0 aliphatic carbocycles. The number of unbranched alkanes of at least 4 members (excludes halogenated alkanes) is 10. The molecule has 28 heavy (non-hydrogen) atoms. The van der Waals surface area contributed by atoms with Gasteiger partial charge in [0, 0.05) is 18.7 Å². The summed E-state index contributed by atoms with van der Waals surface area (Å²) in [5.41, 5.74) is 2.46. The number of fused-ring (bicyclic) bond motifs is 1. The number of carbonyl (C=O) groups excluding carboxylic acids is 1. The summed E-state index contributed by atoms with van der Waals surface area (Å²) in [5.74, 6) is 0.0592. The molecule has 1 aliphatic rings. The molecule has 0 bridgehead atoms. The molecule has 1 aromatic rings. The Labute approximate surface area is 177 Å². The van der Waals surface area contributed by atoms with E-state index in [1.54, 1.807) is 0 Å². The summed E-state index contributed by atoms with van der Waals surface area (Å²) in [4.78, 5) is 14.3. The average Bonchev–Trinajstić information content (AvgIpc) is 2.71. The van der Waals surface area contributed by atoms with Crippen LogP contribution in [0.3, 0.4) is 0 Å². The smallest absolute Gasteiger partial charge is 0.226 e. The van der Waals surface area contributed by atoms with Crippen LogP contribution >= 0.6 is 12.2 Å². The summed E-state index contributed by atoms with van der Waals surface area (Å²) in [7, 11) is 0. The summed E-state index contributed by atoms with van der Waals surface area (Å²) in [6.07, 6.45) is 17.0. The van der Waals surface area contributed by atoms with Gasteiger partial charge in [0.2, 0.25) is 5.91 Å². The minimum absolute atomic E-state index is 0.0592. The molecule has 1 amide bonds. The molecule has 0 atom stereocenters. The monoisotopic (exact) mass is 402 g/mol. The van der Waals surface area contributed by atoms with E-state index in [0.717, 1.165) is 37.9 Å². The Morgan fingerprint density at radius 3 is 2.25 bits per heavy atom. The molecule has 0 unspecified atom stereocenters. The summed E-state index contributed by atoms with van der Waals surface area (Å²) >= 11 is 5.51. The fourth-order valence-corrected chi connectivity index (χ4v) is 4.25. The fraction of sp³-hybridized carbons (Fsp3) is 0.667. The molecular formula is C24H38N2OS. The fourth-order valence-electron chi connectivity index (χ4n) is 3.94. The van der Waals surface area contributed by atoms with Crippen molar-refractivity contribution in [3.63, 3.8) is 0 Å². The number of hydrogen-bond donors (Lipinski definition) is 1. The molecule has 4 heteroatoms. The van der Waals surface area contributed by atoms with Crippen LogP contribution in [-0.2, 0) is 11.2 Å². The molecule has 0 saturated carbocycles. The van der Waals surface area contributed by atoms with E-state index in [4.69, 9.17) is 12.2 Å². The van der Waals surface area contributed by atoms with Gasteiger partial charge in [0.05, 0.1) is 0 Å². The highest BCUT2D eigenvalue weighted by Gasteiger charge is 2.20. The van der Waals surface area contributed by atoms with Crippen LogP contribution in [0.2, 0.25) is 0 Å². The van der Waals surface area contributed by atoms with Gasteiger partial charge >= 0.3 is 0 Å². The molecule has 2 rings (SSSR count). The van der Waals surface area contributed by atoms with Gasteiger partial charge in [-0.3, -0.25) is 4.79 Å². The van der Waals surface area contributed by atoms with Crippen molar-refractivity contribution in [2.75, 3.05) is 11.4 Å². The summed E-state index contributed by atoms with van der Waals surface area (Å²) < 4.78 is 0. The van der Waals surface area contributed by atoms with E-state index in [1.165, 1.54) is 63.4 Å². The zero-order valence-electron chi connectivity index (χ0n) is 17.7. The second-order valence-corrected chi connectivity index (χ2v) is 8.41. The molecule has 3 nitrogen and oxygen atoms in total. The lowest BCUT2D eigenvalue weighted by molar-refractivity contribution is -0.119. The number of nitrogens with one attached hydrogen (secondary N) is 1. The zero-order chi connectivity index (χ0) is 20.0. The number of amides is 1. The van der Waals surface area contributed by atoms with Gasteiger partial charge in [-0.25, -0.2) is 0 Å². The van der Waals surface area contributed by atoms with Crippen LogP contribution in [-0.4, -0.2) is 17.6 Å². The third kappa shape index (κ3) is 8.30. The van der Waals surface area contributed by atoms with Crippen LogP contribution in [0.5, 0.6) is 0 Å². The first-order valence-electron chi connectivity index (χ1n) is 11.4. The third-order valence-electron chi connectivity index (χ3n) is 5.61. The molecule has 1 heterocycles. The van der Waals surface area contributed by atoms with Crippen molar-refractivity contribution in [3.8, 4) is 0 Å². The lowest BCUT2D eigenvalue weighted by Crippen LogP contribution is -2.45. The van der Waals surface area contributed by atoms with Crippen molar-refractivity contribution in [2.24, 2.45) is 0 Å². The van der Waals surface area contributed by atoms with Crippen molar-refractivity contribution < 1.29 is 4.79 Å². The van der Waals surface area contributed by atoms with Crippen LogP contribution in [0, 0.1) is 0 Å². The molecule has 0 fully saturated rings.